The summed E-state index contributed by atoms with van der Waals surface area (Å²) in [5.41, 5.74) is 10.6. The lowest BCUT2D eigenvalue weighted by Crippen LogP contribution is -2.43. The van der Waals surface area contributed by atoms with E-state index in [2.05, 4.69) is 0 Å². The molecular weight excluding hydrogens is 148 g/mol. The second kappa shape index (κ2) is 2.80. The Hall–Kier alpha value is -0.220. The molecule has 4 N–H and O–H groups in total. The summed E-state index contributed by atoms with van der Waals surface area (Å²) in [6.07, 6.45) is 1.25. The highest BCUT2D eigenvalue weighted by atomic mass is 32.2. The molecule has 1 aliphatic rings. The van der Waals surface area contributed by atoms with Crippen molar-refractivity contribution in [2.45, 2.75) is 18.4 Å². The number of rotatable bonds is 2. The summed E-state index contributed by atoms with van der Waals surface area (Å²) in [7, 11) is 0. The highest BCUT2D eigenvalue weighted by molar-refractivity contribution is 7.99. The predicted octanol–water partition coefficient (Wildman–Crippen LogP) is -0.304. The van der Waals surface area contributed by atoms with Crippen LogP contribution in [-0.4, -0.2) is 23.0 Å². The third-order valence-electron chi connectivity index (χ3n) is 1.66. The molecule has 0 aromatic carbocycles. The van der Waals surface area contributed by atoms with E-state index in [1.165, 1.54) is 0 Å². The molecule has 1 unspecified atom stereocenters. The normalized spacial score (nSPS) is 32.5. The number of nitrogens with two attached hydrogens (primary N) is 2. The molecule has 0 aromatic rings. The Morgan fingerprint density at radius 1 is 1.70 bits per heavy atom. The molecule has 1 aliphatic heterocycles. The maximum Gasteiger partial charge on any atom is 0.219 e. The molecule has 0 aliphatic carbocycles. The van der Waals surface area contributed by atoms with Crippen LogP contribution in [0.1, 0.15) is 12.8 Å². The molecule has 4 heteroatoms. The van der Waals surface area contributed by atoms with Crippen LogP contribution in [0, 0.1) is 0 Å². The Kier molecular flexibility index (Phi) is 2.21. The van der Waals surface area contributed by atoms with Gasteiger partial charge in [-0.05, 0) is 12.2 Å². The summed E-state index contributed by atoms with van der Waals surface area (Å²) in [5, 5.41) is 0. The van der Waals surface area contributed by atoms with E-state index in [-0.39, 0.29) is 11.4 Å². The minimum absolute atomic E-state index is 0.287. The molecule has 0 radical (unpaired) electrons. The van der Waals surface area contributed by atoms with E-state index in [0.29, 0.717) is 6.42 Å². The molecule has 0 spiro atoms. The minimum atomic E-state index is -0.295. The van der Waals surface area contributed by atoms with Crippen LogP contribution in [0.5, 0.6) is 0 Å². The van der Waals surface area contributed by atoms with Crippen LogP contribution >= 0.6 is 11.8 Å². The van der Waals surface area contributed by atoms with Gasteiger partial charge in [-0.1, -0.05) is 0 Å². The van der Waals surface area contributed by atoms with Gasteiger partial charge in [0.05, 0.1) is 0 Å². The van der Waals surface area contributed by atoms with Crippen LogP contribution in [-0.2, 0) is 4.79 Å². The fourth-order valence-corrected chi connectivity index (χ4v) is 2.46. The van der Waals surface area contributed by atoms with Crippen molar-refractivity contribution in [2.75, 3.05) is 11.5 Å². The highest BCUT2D eigenvalue weighted by Gasteiger charge is 2.31. The molecular formula is C6H12N2OS. The van der Waals surface area contributed by atoms with E-state index < -0.39 is 0 Å². The topological polar surface area (TPSA) is 69.1 Å². The summed E-state index contributed by atoms with van der Waals surface area (Å²) in [5.74, 6) is 1.64. The molecule has 3 nitrogen and oxygen atoms in total. The number of primary amides is 1. The second-order valence-corrected chi connectivity index (χ2v) is 3.91. The molecule has 1 rings (SSSR count). The quantitative estimate of drug-likeness (QED) is 0.582. The van der Waals surface area contributed by atoms with Gasteiger partial charge in [0.15, 0.2) is 0 Å². The van der Waals surface area contributed by atoms with Gasteiger partial charge in [-0.2, -0.15) is 11.8 Å². The summed E-state index contributed by atoms with van der Waals surface area (Å²) >= 11 is 1.79. The molecule has 0 aromatic heterocycles. The number of hydrogen-bond donors (Lipinski definition) is 2. The lowest BCUT2D eigenvalue weighted by molar-refractivity contribution is -0.118. The lowest BCUT2D eigenvalue weighted by Gasteiger charge is -2.19. The van der Waals surface area contributed by atoms with E-state index in [4.69, 9.17) is 11.5 Å². The van der Waals surface area contributed by atoms with Crippen LogP contribution in [0.3, 0.4) is 0 Å². The van der Waals surface area contributed by atoms with Crippen molar-refractivity contribution < 1.29 is 4.79 Å². The van der Waals surface area contributed by atoms with Crippen molar-refractivity contribution in [3.8, 4) is 0 Å². The first kappa shape index (κ1) is 7.88. The molecule has 10 heavy (non-hydrogen) atoms. The standard InChI is InChI=1S/C6H12N2OS/c7-5(9)3-6(8)1-2-10-4-6/h1-4,8H2,(H2,7,9). The first-order chi connectivity index (χ1) is 4.62. The van der Waals surface area contributed by atoms with E-state index in [0.717, 1.165) is 17.9 Å². The van der Waals surface area contributed by atoms with Crippen LogP contribution < -0.4 is 11.5 Å². The number of amides is 1. The highest BCUT2D eigenvalue weighted by Crippen LogP contribution is 2.27. The molecule has 1 amide bonds. The Bertz CT molecular complexity index is 143. The monoisotopic (exact) mass is 160 g/mol. The van der Waals surface area contributed by atoms with Gasteiger partial charge < -0.3 is 11.5 Å². The molecule has 0 saturated carbocycles. The SMILES string of the molecule is NC(=O)CC1(N)CCSC1. The van der Waals surface area contributed by atoms with Crippen LogP contribution in [0.2, 0.25) is 0 Å². The Morgan fingerprint density at radius 3 is 2.80 bits per heavy atom. The molecule has 1 heterocycles. The van der Waals surface area contributed by atoms with Crippen molar-refractivity contribution >= 4 is 17.7 Å². The zero-order chi connectivity index (χ0) is 7.61. The summed E-state index contributed by atoms with van der Waals surface area (Å²) in [6, 6.07) is 0. The predicted molar refractivity (Wildman–Crippen MR) is 42.7 cm³/mol. The third-order valence-corrected chi connectivity index (χ3v) is 2.93. The fourth-order valence-electron chi connectivity index (χ4n) is 1.11. The van der Waals surface area contributed by atoms with Crippen molar-refractivity contribution in [1.82, 2.24) is 0 Å². The number of hydrogen-bond acceptors (Lipinski definition) is 3. The van der Waals surface area contributed by atoms with Crippen LogP contribution in [0.15, 0.2) is 0 Å². The van der Waals surface area contributed by atoms with Crippen molar-refractivity contribution in [3.05, 3.63) is 0 Å². The number of carbonyl (C=O) groups is 1. The van der Waals surface area contributed by atoms with E-state index in [9.17, 15) is 4.79 Å². The Morgan fingerprint density at radius 2 is 2.40 bits per heavy atom. The van der Waals surface area contributed by atoms with Crippen LogP contribution in [0.4, 0.5) is 0 Å². The minimum Gasteiger partial charge on any atom is -0.370 e. The van der Waals surface area contributed by atoms with E-state index in [1.54, 1.807) is 11.8 Å². The molecule has 58 valence electrons. The van der Waals surface area contributed by atoms with Gasteiger partial charge in [0, 0.05) is 17.7 Å². The van der Waals surface area contributed by atoms with Gasteiger partial charge in [0.2, 0.25) is 5.91 Å². The van der Waals surface area contributed by atoms with Gasteiger partial charge >= 0.3 is 0 Å². The molecule has 0 bridgehead atoms. The van der Waals surface area contributed by atoms with Crippen molar-refractivity contribution in [2.24, 2.45) is 11.5 Å². The lowest BCUT2D eigenvalue weighted by atomic mass is 9.96. The number of thioether (sulfide) groups is 1. The second-order valence-electron chi connectivity index (χ2n) is 2.81. The zero-order valence-electron chi connectivity index (χ0n) is 5.80. The van der Waals surface area contributed by atoms with E-state index >= 15 is 0 Å². The molecule has 1 atom stereocenters. The fraction of sp³-hybridized carbons (Fsp3) is 0.833. The maximum absolute atomic E-state index is 10.5. The van der Waals surface area contributed by atoms with Crippen molar-refractivity contribution in [3.63, 3.8) is 0 Å². The van der Waals surface area contributed by atoms with E-state index in [1.807, 2.05) is 0 Å². The third kappa shape index (κ3) is 1.88. The smallest absolute Gasteiger partial charge is 0.219 e. The van der Waals surface area contributed by atoms with Gasteiger partial charge in [0.25, 0.3) is 0 Å². The van der Waals surface area contributed by atoms with Crippen LogP contribution in [0.25, 0.3) is 0 Å². The largest absolute Gasteiger partial charge is 0.370 e. The van der Waals surface area contributed by atoms with Gasteiger partial charge in [-0.3, -0.25) is 4.79 Å². The van der Waals surface area contributed by atoms with Gasteiger partial charge in [-0.15, -0.1) is 0 Å². The Balaban J connectivity index is 2.43. The summed E-state index contributed by atoms with van der Waals surface area (Å²) in [4.78, 5) is 10.5. The van der Waals surface area contributed by atoms with Gasteiger partial charge in [-0.25, -0.2) is 0 Å². The maximum atomic E-state index is 10.5. The number of carbonyl (C=O) groups excluding carboxylic acids is 1. The first-order valence-corrected chi connectivity index (χ1v) is 4.43. The first-order valence-electron chi connectivity index (χ1n) is 3.27. The summed E-state index contributed by atoms with van der Waals surface area (Å²) in [6.45, 7) is 0. The molecule has 1 fully saturated rings. The zero-order valence-corrected chi connectivity index (χ0v) is 6.62. The summed E-state index contributed by atoms with van der Waals surface area (Å²) < 4.78 is 0. The Labute approximate surface area is 64.5 Å². The van der Waals surface area contributed by atoms with Gasteiger partial charge in [0.1, 0.15) is 0 Å². The average Bonchev–Trinajstić information content (AvgIpc) is 2.12. The van der Waals surface area contributed by atoms with Crippen molar-refractivity contribution in [1.29, 1.82) is 0 Å². The average molecular weight is 160 g/mol. The molecule has 1 saturated heterocycles.